The van der Waals surface area contributed by atoms with E-state index < -0.39 is 28.3 Å². The molecule has 0 saturated heterocycles. The maximum atomic E-state index is 13.3. The van der Waals surface area contributed by atoms with Crippen LogP contribution in [-0.2, 0) is 21.4 Å². The zero-order valence-electron chi connectivity index (χ0n) is 18.2. The number of rotatable bonds is 9. The SMILES string of the molecule is CSc1ccc([C@H](C)NC(=O)CN(Cc2ccc(F)cc2)S(=O)(=O)c2ccc(Cl)cc2)cc1. The Labute approximate surface area is 203 Å². The Balaban J connectivity index is 1.81. The Bertz CT molecular complexity index is 1190. The summed E-state index contributed by atoms with van der Waals surface area (Å²) in [5, 5.41) is 3.26. The van der Waals surface area contributed by atoms with Crippen molar-refractivity contribution in [2.75, 3.05) is 12.8 Å². The van der Waals surface area contributed by atoms with Crippen LogP contribution >= 0.6 is 23.4 Å². The van der Waals surface area contributed by atoms with Gasteiger partial charge in [-0.2, -0.15) is 4.31 Å². The third-order valence-corrected chi connectivity index (χ3v) is 7.84. The van der Waals surface area contributed by atoms with Crippen molar-refractivity contribution in [1.82, 2.24) is 9.62 Å². The summed E-state index contributed by atoms with van der Waals surface area (Å²) in [6.45, 7) is 1.36. The van der Waals surface area contributed by atoms with Gasteiger partial charge in [0.25, 0.3) is 0 Å². The van der Waals surface area contributed by atoms with E-state index in [9.17, 15) is 17.6 Å². The van der Waals surface area contributed by atoms with Crippen molar-refractivity contribution in [2.45, 2.75) is 29.3 Å². The molecule has 0 fully saturated rings. The van der Waals surface area contributed by atoms with Crippen molar-refractivity contribution in [2.24, 2.45) is 0 Å². The van der Waals surface area contributed by atoms with Gasteiger partial charge in [-0.15, -0.1) is 11.8 Å². The molecule has 0 aliphatic heterocycles. The Kier molecular flexibility index (Phi) is 8.53. The molecule has 3 aromatic rings. The van der Waals surface area contributed by atoms with Crippen LogP contribution in [-0.4, -0.2) is 31.4 Å². The summed E-state index contributed by atoms with van der Waals surface area (Å²) in [4.78, 5) is 14.0. The summed E-state index contributed by atoms with van der Waals surface area (Å²) in [7, 11) is -4.01. The Hall–Kier alpha value is -2.39. The number of hydrogen-bond acceptors (Lipinski definition) is 4. The van der Waals surface area contributed by atoms with Crippen molar-refractivity contribution >= 4 is 39.3 Å². The lowest BCUT2D eigenvalue weighted by Gasteiger charge is -2.23. The molecular weight excluding hydrogens is 483 g/mol. The number of amides is 1. The number of carbonyl (C=O) groups is 1. The van der Waals surface area contributed by atoms with Crippen LogP contribution in [0.3, 0.4) is 0 Å². The molecule has 0 aliphatic rings. The molecule has 1 atom stereocenters. The molecule has 174 valence electrons. The van der Waals surface area contributed by atoms with Crippen LogP contribution in [0.25, 0.3) is 0 Å². The van der Waals surface area contributed by atoms with E-state index in [1.54, 1.807) is 11.8 Å². The average Bonchev–Trinajstić information content (AvgIpc) is 2.80. The van der Waals surface area contributed by atoms with Crippen molar-refractivity contribution in [1.29, 1.82) is 0 Å². The zero-order valence-corrected chi connectivity index (χ0v) is 20.6. The summed E-state index contributed by atoms with van der Waals surface area (Å²) in [5.74, 6) is -0.874. The van der Waals surface area contributed by atoms with Gasteiger partial charge >= 0.3 is 0 Å². The summed E-state index contributed by atoms with van der Waals surface area (Å²) in [6, 6.07) is 18.7. The fraction of sp³-hybridized carbons (Fsp3) is 0.208. The molecule has 3 aromatic carbocycles. The standard InChI is InChI=1S/C24H24ClFN2O3S2/c1-17(19-5-11-22(32-2)12-6-19)27-24(29)16-28(15-18-3-9-21(26)10-4-18)33(30,31)23-13-7-20(25)8-14-23/h3-14,17H,15-16H2,1-2H3,(H,27,29)/t17-/m0/s1. The lowest BCUT2D eigenvalue weighted by molar-refractivity contribution is -0.122. The molecule has 0 radical (unpaired) electrons. The first-order valence-corrected chi connectivity index (χ1v) is 13.2. The third-order valence-electron chi connectivity index (χ3n) is 5.04. The second kappa shape index (κ2) is 11.2. The number of benzene rings is 3. The Morgan fingerprint density at radius 3 is 2.21 bits per heavy atom. The maximum absolute atomic E-state index is 13.3. The maximum Gasteiger partial charge on any atom is 0.243 e. The number of thioether (sulfide) groups is 1. The molecule has 0 heterocycles. The van der Waals surface area contributed by atoms with Crippen LogP contribution in [0, 0.1) is 5.82 Å². The molecule has 0 aromatic heterocycles. The molecule has 3 rings (SSSR count). The lowest BCUT2D eigenvalue weighted by atomic mass is 10.1. The van der Waals surface area contributed by atoms with Crippen LogP contribution in [0.2, 0.25) is 5.02 Å². The fourth-order valence-electron chi connectivity index (χ4n) is 3.20. The minimum absolute atomic E-state index is 0.0162. The number of nitrogens with one attached hydrogen (secondary N) is 1. The van der Waals surface area contributed by atoms with E-state index in [0.29, 0.717) is 10.6 Å². The van der Waals surface area contributed by atoms with E-state index in [2.05, 4.69) is 5.32 Å². The van der Waals surface area contributed by atoms with Gasteiger partial charge in [-0.3, -0.25) is 4.79 Å². The number of halogens is 2. The summed E-state index contributed by atoms with van der Waals surface area (Å²) in [5.41, 5.74) is 1.47. The first kappa shape index (κ1) is 25.2. The number of nitrogens with zero attached hydrogens (tertiary/aromatic N) is 1. The average molecular weight is 507 g/mol. The molecule has 0 aliphatic carbocycles. The highest BCUT2D eigenvalue weighted by Gasteiger charge is 2.27. The number of hydrogen-bond donors (Lipinski definition) is 1. The normalized spacial score (nSPS) is 12.5. The van der Waals surface area contributed by atoms with Crippen molar-refractivity contribution in [3.63, 3.8) is 0 Å². The molecule has 0 bridgehead atoms. The lowest BCUT2D eigenvalue weighted by Crippen LogP contribution is -2.41. The topological polar surface area (TPSA) is 66.5 Å². The van der Waals surface area contributed by atoms with E-state index in [-0.39, 0.29) is 17.5 Å². The summed E-state index contributed by atoms with van der Waals surface area (Å²) >= 11 is 7.52. The highest BCUT2D eigenvalue weighted by molar-refractivity contribution is 7.98. The van der Waals surface area contributed by atoms with E-state index >= 15 is 0 Å². The highest BCUT2D eigenvalue weighted by atomic mass is 35.5. The number of carbonyl (C=O) groups excluding carboxylic acids is 1. The van der Waals surface area contributed by atoms with Crippen molar-refractivity contribution in [3.05, 3.63) is 94.8 Å². The van der Waals surface area contributed by atoms with Gasteiger partial charge in [0, 0.05) is 16.5 Å². The molecule has 1 N–H and O–H groups in total. The van der Waals surface area contributed by atoms with E-state index in [1.165, 1.54) is 48.5 Å². The van der Waals surface area contributed by atoms with E-state index in [0.717, 1.165) is 14.8 Å². The van der Waals surface area contributed by atoms with Gasteiger partial charge in [0.2, 0.25) is 15.9 Å². The summed E-state index contributed by atoms with van der Waals surface area (Å²) < 4.78 is 41.0. The second-order valence-corrected chi connectivity index (χ2v) is 10.7. The number of sulfonamides is 1. The highest BCUT2D eigenvalue weighted by Crippen LogP contribution is 2.22. The van der Waals surface area contributed by atoms with Gasteiger partial charge in [-0.05, 0) is 72.8 Å². The third kappa shape index (κ3) is 6.80. The molecule has 0 unspecified atom stereocenters. The molecule has 0 spiro atoms. The van der Waals surface area contributed by atoms with Crippen LogP contribution in [0.5, 0.6) is 0 Å². The molecular formula is C24H24ClFN2O3S2. The molecule has 1 amide bonds. The van der Waals surface area contributed by atoms with Crippen LogP contribution in [0.1, 0.15) is 24.1 Å². The Morgan fingerprint density at radius 1 is 1.03 bits per heavy atom. The zero-order chi connectivity index (χ0) is 24.0. The second-order valence-electron chi connectivity index (χ2n) is 7.42. The van der Waals surface area contributed by atoms with Crippen molar-refractivity contribution < 1.29 is 17.6 Å². The molecule has 9 heteroatoms. The predicted molar refractivity (Wildman–Crippen MR) is 130 cm³/mol. The minimum atomic E-state index is -4.01. The first-order chi connectivity index (χ1) is 15.7. The van der Waals surface area contributed by atoms with Crippen LogP contribution in [0.15, 0.2) is 82.6 Å². The molecule has 33 heavy (non-hydrogen) atoms. The largest absolute Gasteiger partial charge is 0.348 e. The monoisotopic (exact) mass is 506 g/mol. The van der Waals surface area contributed by atoms with Gasteiger partial charge in [0.05, 0.1) is 17.5 Å². The Morgan fingerprint density at radius 2 is 1.64 bits per heavy atom. The fourth-order valence-corrected chi connectivity index (χ4v) is 5.12. The van der Waals surface area contributed by atoms with Crippen LogP contribution < -0.4 is 5.32 Å². The van der Waals surface area contributed by atoms with Gasteiger partial charge in [0.1, 0.15) is 5.82 Å². The van der Waals surface area contributed by atoms with Gasteiger partial charge < -0.3 is 5.32 Å². The van der Waals surface area contributed by atoms with E-state index in [4.69, 9.17) is 11.6 Å². The van der Waals surface area contributed by atoms with Gasteiger partial charge in [0.15, 0.2) is 0 Å². The van der Waals surface area contributed by atoms with Crippen molar-refractivity contribution in [3.8, 4) is 0 Å². The molecule has 0 saturated carbocycles. The first-order valence-electron chi connectivity index (χ1n) is 10.1. The molecule has 5 nitrogen and oxygen atoms in total. The van der Waals surface area contributed by atoms with Gasteiger partial charge in [-0.25, -0.2) is 12.8 Å². The van der Waals surface area contributed by atoms with E-state index in [1.807, 2.05) is 37.4 Å². The quantitative estimate of drug-likeness (QED) is 0.401. The minimum Gasteiger partial charge on any atom is -0.348 e. The van der Waals surface area contributed by atoms with Crippen LogP contribution in [0.4, 0.5) is 4.39 Å². The summed E-state index contributed by atoms with van der Waals surface area (Å²) in [6.07, 6.45) is 1.98. The smallest absolute Gasteiger partial charge is 0.243 e. The predicted octanol–water partition coefficient (Wildman–Crippen LogP) is 5.27. The van der Waals surface area contributed by atoms with Gasteiger partial charge in [-0.1, -0.05) is 35.9 Å².